The molecule has 15 heavy (non-hydrogen) atoms. The van der Waals surface area contributed by atoms with Crippen LogP contribution in [0.2, 0.25) is 0 Å². The Bertz CT molecular complexity index is 407. The Hall–Kier alpha value is 0.0400. The minimum absolute atomic E-state index is 0.322. The second-order valence-electron chi connectivity index (χ2n) is 4.60. The van der Waals surface area contributed by atoms with Crippen molar-refractivity contribution >= 4 is 37.9 Å². The van der Waals surface area contributed by atoms with Gasteiger partial charge in [-0.2, -0.15) is 0 Å². The minimum atomic E-state index is 0.322. The van der Waals surface area contributed by atoms with Crippen molar-refractivity contribution in [2.75, 3.05) is 5.75 Å². The van der Waals surface area contributed by atoms with Gasteiger partial charge in [-0.3, -0.25) is 0 Å². The van der Waals surface area contributed by atoms with E-state index in [9.17, 15) is 0 Å². The maximum Gasteiger partial charge on any atom is 0.0131 e. The number of fused-ring (bicyclic) bond motifs is 1. The Kier molecular flexibility index (Phi) is 3.17. The van der Waals surface area contributed by atoms with Crippen LogP contribution in [0.25, 0.3) is 3.58 Å². The summed E-state index contributed by atoms with van der Waals surface area (Å²) in [6, 6.07) is 6.75. The number of hydrogen-bond acceptors (Lipinski definition) is 1. The van der Waals surface area contributed by atoms with Crippen LogP contribution in [0, 0.1) is 0 Å². The van der Waals surface area contributed by atoms with E-state index in [1.807, 2.05) is 11.8 Å². The van der Waals surface area contributed by atoms with E-state index in [4.69, 9.17) is 0 Å². The van der Waals surface area contributed by atoms with E-state index in [-0.39, 0.29) is 0 Å². The number of benzene rings is 1. The lowest BCUT2D eigenvalue weighted by molar-refractivity contribution is 0.494. The molecule has 80 valence electrons. The van der Waals surface area contributed by atoms with Crippen LogP contribution in [0.5, 0.6) is 0 Å². The lowest BCUT2D eigenvalue weighted by Gasteiger charge is -2.32. The Balaban J connectivity index is 2.53. The van der Waals surface area contributed by atoms with E-state index < -0.39 is 0 Å². The molecule has 0 unspecified atom stereocenters. The average molecular weight is 330 g/mol. The summed E-state index contributed by atoms with van der Waals surface area (Å²) in [5, 5.41) is 0. The highest BCUT2D eigenvalue weighted by atomic mass is 127. The maximum absolute atomic E-state index is 4.00. The van der Waals surface area contributed by atoms with Gasteiger partial charge in [0.05, 0.1) is 0 Å². The molecule has 2 heteroatoms. The predicted octanol–water partition coefficient (Wildman–Crippen LogP) is 4.87. The summed E-state index contributed by atoms with van der Waals surface area (Å²) in [5.41, 5.74) is 3.09. The summed E-state index contributed by atoms with van der Waals surface area (Å²) in [7, 11) is 0. The fourth-order valence-electron chi connectivity index (χ4n) is 1.90. The lowest BCUT2D eigenvalue weighted by atomic mass is 9.81. The molecule has 0 radical (unpaired) electrons. The first-order valence-electron chi connectivity index (χ1n) is 5.13. The zero-order chi connectivity index (χ0) is 11.1. The second kappa shape index (κ2) is 4.13. The zero-order valence-electron chi connectivity index (χ0n) is 9.14. The van der Waals surface area contributed by atoms with Crippen LogP contribution in [0.3, 0.4) is 0 Å². The molecular weight excluding hydrogens is 315 g/mol. The molecule has 0 aromatic heterocycles. The first kappa shape index (κ1) is 11.5. The molecule has 0 nitrogen and oxygen atoms in total. The fourth-order valence-corrected chi connectivity index (χ4v) is 3.73. The Morgan fingerprint density at radius 1 is 1.47 bits per heavy atom. The topological polar surface area (TPSA) is 0 Å². The zero-order valence-corrected chi connectivity index (χ0v) is 12.1. The first-order chi connectivity index (χ1) is 7.00. The van der Waals surface area contributed by atoms with Crippen molar-refractivity contribution in [2.45, 2.75) is 30.6 Å². The molecule has 0 spiro atoms. The highest BCUT2D eigenvalue weighted by Gasteiger charge is 2.27. The summed E-state index contributed by atoms with van der Waals surface area (Å²) in [4.78, 5) is 1.45. The first-order valence-corrected chi connectivity index (χ1v) is 7.19. The SMILES string of the molecule is C=C(I)c1ccc2c(c1)C(C)(C)CCS2. The van der Waals surface area contributed by atoms with Gasteiger partial charge in [-0.05, 0) is 63.4 Å². The van der Waals surface area contributed by atoms with Gasteiger partial charge in [0.2, 0.25) is 0 Å². The van der Waals surface area contributed by atoms with Crippen molar-refractivity contribution in [3.8, 4) is 0 Å². The van der Waals surface area contributed by atoms with Gasteiger partial charge < -0.3 is 0 Å². The highest BCUT2D eigenvalue weighted by Crippen LogP contribution is 2.42. The third kappa shape index (κ3) is 2.26. The fraction of sp³-hybridized carbons (Fsp3) is 0.385. The number of rotatable bonds is 1. The molecule has 0 amide bonds. The van der Waals surface area contributed by atoms with Crippen LogP contribution < -0.4 is 0 Å². The normalized spacial score (nSPS) is 18.3. The standard InChI is InChI=1S/C13H15IS/c1-9(14)10-4-5-12-11(8-10)13(2,3)6-7-15-12/h4-5,8H,1,6-7H2,2-3H3. The molecular formula is C13H15IS. The van der Waals surface area contributed by atoms with Gasteiger partial charge in [0.15, 0.2) is 0 Å². The maximum atomic E-state index is 4.00. The van der Waals surface area contributed by atoms with E-state index in [0.29, 0.717) is 5.41 Å². The Labute approximate surface area is 110 Å². The summed E-state index contributed by atoms with van der Waals surface area (Å²) >= 11 is 4.27. The van der Waals surface area contributed by atoms with Crippen LogP contribution in [0.1, 0.15) is 31.4 Å². The summed E-state index contributed by atoms with van der Waals surface area (Å²) in [5.74, 6) is 1.24. The van der Waals surface area contributed by atoms with E-state index >= 15 is 0 Å². The minimum Gasteiger partial charge on any atom is -0.126 e. The van der Waals surface area contributed by atoms with Gasteiger partial charge in [0.1, 0.15) is 0 Å². The highest BCUT2D eigenvalue weighted by molar-refractivity contribution is 14.1. The molecule has 1 aliphatic rings. The third-order valence-corrected chi connectivity index (χ3v) is 4.70. The monoisotopic (exact) mass is 330 g/mol. The molecule has 0 saturated carbocycles. The van der Waals surface area contributed by atoms with Crippen molar-refractivity contribution < 1.29 is 0 Å². The number of hydrogen-bond donors (Lipinski definition) is 0. The van der Waals surface area contributed by atoms with Gasteiger partial charge in [-0.25, -0.2) is 0 Å². The largest absolute Gasteiger partial charge is 0.126 e. The van der Waals surface area contributed by atoms with Crippen LogP contribution in [0.4, 0.5) is 0 Å². The summed E-state index contributed by atoms with van der Waals surface area (Å²) in [6.07, 6.45) is 1.27. The van der Waals surface area contributed by atoms with Gasteiger partial charge in [-0.15, -0.1) is 11.8 Å². The molecule has 1 aromatic carbocycles. The van der Waals surface area contributed by atoms with Gasteiger partial charge in [-0.1, -0.05) is 26.5 Å². The van der Waals surface area contributed by atoms with Crippen molar-refractivity contribution in [3.63, 3.8) is 0 Å². The molecule has 0 saturated heterocycles. The molecule has 1 heterocycles. The van der Waals surface area contributed by atoms with E-state index in [1.165, 1.54) is 28.2 Å². The van der Waals surface area contributed by atoms with Crippen molar-refractivity contribution in [1.29, 1.82) is 0 Å². The second-order valence-corrected chi connectivity index (χ2v) is 7.04. The van der Waals surface area contributed by atoms with Crippen LogP contribution in [0.15, 0.2) is 29.7 Å². The average Bonchev–Trinajstić information content (AvgIpc) is 2.17. The molecule has 0 bridgehead atoms. The van der Waals surface area contributed by atoms with Crippen molar-refractivity contribution in [2.24, 2.45) is 0 Å². The molecule has 0 atom stereocenters. The van der Waals surface area contributed by atoms with Crippen LogP contribution in [-0.4, -0.2) is 5.75 Å². The number of halogens is 1. The summed E-state index contributed by atoms with van der Waals surface area (Å²) in [6.45, 7) is 8.68. The molecule has 1 aromatic rings. The van der Waals surface area contributed by atoms with Crippen molar-refractivity contribution in [1.82, 2.24) is 0 Å². The molecule has 0 aliphatic carbocycles. The van der Waals surface area contributed by atoms with Crippen LogP contribution in [-0.2, 0) is 5.41 Å². The van der Waals surface area contributed by atoms with Gasteiger partial charge in [0.25, 0.3) is 0 Å². The quantitative estimate of drug-likeness (QED) is 0.662. The summed E-state index contributed by atoms with van der Waals surface area (Å²) < 4.78 is 1.13. The third-order valence-electron chi connectivity index (χ3n) is 3.01. The van der Waals surface area contributed by atoms with Gasteiger partial charge in [0, 0.05) is 8.48 Å². The van der Waals surface area contributed by atoms with E-state index in [1.54, 1.807) is 0 Å². The predicted molar refractivity (Wildman–Crippen MR) is 77.9 cm³/mol. The smallest absolute Gasteiger partial charge is 0.0131 e. The van der Waals surface area contributed by atoms with Crippen LogP contribution >= 0.6 is 34.4 Å². The Morgan fingerprint density at radius 2 is 2.20 bits per heavy atom. The van der Waals surface area contributed by atoms with Gasteiger partial charge >= 0.3 is 0 Å². The molecule has 2 rings (SSSR count). The molecule has 1 aliphatic heterocycles. The Morgan fingerprint density at radius 3 is 2.87 bits per heavy atom. The van der Waals surface area contributed by atoms with E-state index in [0.717, 1.165) is 3.58 Å². The molecule has 0 N–H and O–H groups in total. The molecule has 0 fully saturated rings. The van der Waals surface area contributed by atoms with E-state index in [2.05, 4.69) is 61.2 Å². The number of thioether (sulfide) groups is 1. The lowest BCUT2D eigenvalue weighted by Crippen LogP contribution is -2.22. The van der Waals surface area contributed by atoms with Crippen molar-refractivity contribution in [3.05, 3.63) is 35.9 Å².